The number of hydrogen-bond donors (Lipinski definition) is 0. The van der Waals surface area contributed by atoms with Gasteiger partial charge < -0.3 is 4.74 Å². The number of hydrogen-bond acceptors (Lipinski definition) is 4. The van der Waals surface area contributed by atoms with Crippen molar-refractivity contribution in [3.63, 3.8) is 0 Å². The molecular formula is C16H13ClFN3OS. The van der Waals surface area contributed by atoms with E-state index in [4.69, 9.17) is 16.3 Å². The van der Waals surface area contributed by atoms with Crippen molar-refractivity contribution in [2.45, 2.75) is 4.90 Å². The van der Waals surface area contributed by atoms with Crippen molar-refractivity contribution >= 4 is 23.4 Å². The van der Waals surface area contributed by atoms with E-state index in [1.54, 1.807) is 41.0 Å². The lowest BCUT2D eigenvalue weighted by atomic mass is 10.1. The molecule has 118 valence electrons. The summed E-state index contributed by atoms with van der Waals surface area (Å²) in [5, 5.41) is 0.283. The van der Waals surface area contributed by atoms with E-state index in [0.29, 0.717) is 17.1 Å². The van der Waals surface area contributed by atoms with Gasteiger partial charge in [0.15, 0.2) is 16.7 Å². The number of imidazole rings is 1. The first kappa shape index (κ1) is 15.8. The van der Waals surface area contributed by atoms with Crippen LogP contribution in [0, 0.1) is 5.82 Å². The highest BCUT2D eigenvalue weighted by molar-refractivity contribution is 7.98. The Balaban J connectivity index is 2.09. The number of thioether (sulfide) groups is 1. The van der Waals surface area contributed by atoms with E-state index in [9.17, 15) is 4.39 Å². The molecule has 0 N–H and O–H groups in total. The molecule has 0 unspecified atom stereocenters. The highest BCUT2D eigenvalue weighted by atomic mass is 35.5. The minimum atomic E-state index is -0.459. The monoisotopic (exact) mass is 349 g/mol. The van der Waals surface area contributed by atoms with E-state index in [0.717, 1.165) is 4.90 Å². The second-order valence-electron chi connectivity index (χ2n) is 4.66. The summed E-state index contributed by atoms with van der Waals surface area (Å²) in [6, 6.07) is 8.49. The molecule has 3 rings (SSSR count). The fraction of sp³-hybridized carbons (Fsp3) is 0.125. The first-order valence-corrected chi connectivity index (χ1v) is 8.31. The number of methoxy groups -OCH3 is 1. The van der Waals surface area contributed by atoms with Crippen LogP contribution >= 0.6 is 23.4 Å². The smallest absolute Gasteiger partial charge is 0.165 e. The van der Waals surface area contributed by atoms with Gasteiger partial charge in [0.05, 0.1) is 12.8 Å². The third-order valence-electron chi connectivity index (χ3n) is 3.35. The highest BCUT2D eigenvalue weighted by Crippen LogP contribution is 2.32. The van der Waals surface area contributed by atoms with Gasteiger partial charge in [-0.2, -0.15) is 0 Å². The maximum absolute atomic E-state index is 14.0. The van der Waals surface area contributed by atoms with E-state index in [1.807, 2.05) is 18.4 Å². The number of rotatable bonds is 4. The highest BCUT2D eigenvalue weighted by Gasteiger charge is 2.15. The van der Waals surface area contributed by atoms with Gasteiger partial charge in [-0.25, -0.2) is 14.4 Å². The summed E-state index contributed by atoms with van der Waals surface area (Å²) >= 11 is 7.80. The molecule has 0 amide bonds. The predicted octanol–water partition coefficient (Wildman–Crippen LogP) is 4.46. The van der Waals surface area contributed by atoms with Crippen molar-refractivity contribution in [2.24, 2.45) is 0 Å². The van der Waals surface area contributed by atoms with E-state index in [1.165, 1.54) is 13.2 Å². The molecule has 23 heavy (non-hydrogen) atoms. The second kappa shape index (κ2) is 6.60. The number of nitrogens with zero attached hydrogens (tertiary/aromatic N) is 3. The van der Waals surface area contributed by atoms with Crippen molar-refractivity contribution in [1.29, 1.82) is 0 Å². The quantitative estimate of drug-likeness (QED) is 0.652. The maximum Gasteiger partial charge on any atom is 0.165 e. The molecule has 0 aliphatic rings. The van der Waals surface area contributed by atoms with Crippen LogP contribution < -0.4 is 4.74 Å². The van der Waals surface area contributed by atoms with E-state index >= 15 is 0 Å². The van der Waals surface area contributed by atoms with Crippen molar-refractivity contribution in [1.82, 2.24) is 14.5 Å². The summed E-state index contributed by atoms with van der Waals surface area (Å²) in [6.07, 6.45) is 5.32. The summed E-state index contributed by atoms with van der Waals surface area (Å²) in [6.45, 7) is 0. The third kappa shape index (κ3) is 3.04. The van der Waals surface area contributed by atoms with Crippen LogP contribution in [0.3, 0.4) is 0 Å². The first-order chi connectivity index (χ1) is 11.1. The van der Waals surface area contributed by atoms with Gasteiger partial charge in [0.1, 0.15) is 12.1 Å². The molecule has 0 bridgehead atoms. The molecule has 4 nitrogen and oxygen atoms in total. The Hall–Kier alpha value is -2.05. The Kier molecular flexibility index (Phi) is 4.54. The van der Waals surface area contributed by atoms with Crippen LogP contribution in [-0.2, 0) is 0 Å². The Morgan fingerprint density at radius 3 is 2.65 bits per heavy atom. The van der Waals surface area contributed by atoms with Gasteiger partial charge in [-0.1, -0.05) is 11.6 Å². The molecule has 2 heterocycles. The number of benzene rings is 1. The van der Waals surface area contributed by atoms with E-state index in [-0.39, 0.29) is 10.9 Å². The van der Waals surface area contributed by atoms with Crippen molar-refractivity contribution in [3.05, 3.63) is 53.8 Å². The van der Waals surface area contributed by atoms with Crippen LogP contribution in [0.1, 0.15) is 0 Å². The van der Waals surface area contributed by atoms with Crippen LogP contribution in [0.25, 0.3) is 17.1 Å². The van der Waals surface area contributed by atoms with Crippen molar-refractivity contribution in [3.8, 4) is 22.8 Å². The minimum Gasteiger partial charge on any atom is -0.494 e. The molecule has 0 radical (unpaired) electrons. The topological polar surface area (TPSA) is 39.9 Å². The number of halogens is 2. The predicted molar refractivity (Wildman–Crippen MR) is 90.1 cm³/mol. The molecule has 0 saturated heterocycles. The Labute approximate surface area is 142 Å². The third-order valence-corrected chi connectivity index (χ3v) is 4.34. The van der Waals surface area contributed by atoms with Crippen molar-refractivity contribution in [2.75, 3.05) is 13.4 Å². The molecule has 0 spiro atoms. The summed E-state index contributed by atoms with van der Waals surface area (Å²) in [5.74, 6) is 0.381. The number of pyridine rings is 1. The SMILES string of the molecule is COc1ccc(-c2c(Cl)ncn2-c2ccc(SC)cn2)cc1F. The van der Waals surface area contributed by atoms with Gasteiger partial charge in [-0.3, -0.25) is 4.57 Å². The Morgan fingerprint density at radius 2 is 2.04 bits per heavy atom. The van der Waals surface area contributed by atoms with E-state index in [2.05, 4.69) is 9.97 Å². The van der Waals surface area contributed by atoms with Crippen LogP contribution in [0.15, 0.2) is 47.8 Å². The summed E-state index contributed by atoms with van der Waals surface area (Å²) in [4.78, 5) is 9.57. The summed E-state index contributed by atoms with van der Waals surface area (Å²) in [5.41, 5.74) is 1.18. The maximum atomic E-state index is 14.0. The normalized spacial score (nSPS) is 10.8. The van der Waals surface area contributed by atoms with Gasteiger partial charge >= 0.3 is 0 Å². The van der Waals surface area contributed by atoms with Crippen LogP contribution in [0.4, 0.5) is 4.39 Å². The van der Waals surface area contributed by atoms with Crippen molar-refractivity contribution < 1.29 is 9.13 Å². The summed E-state index contributed by atoms with van der Waals surface area (Å²) in [7, 11) is 1.42. The molecule has 2 aromatic heterocycles. The standard InChI is InChI=1S/C16H13ClFN3OS/c1-22-13-5-3-10(7-12(13)18)15-16(17)20-9-21(15)14-6-4-11(23-2)8-19-14/h3-9H,1-2H3. The zero-order valence-corrected chi connectivity index (χ0v) is 14.0. The Bertz CT molecular complexity index is 836. The fourth-order valence-electron chi connectivity index (χ4n) is 2.21. The Morgan fingerprint density at radius 1 is 1.22 bits per heavy atom. The summed E-state index contributed by atoms with van der Waals surface area (Å²) < 4.78 is 20.7. The van der Waals surface area contributed by atoms with Gasteiger partial charge in [-0.15, -0.1) is 11.8 Å². The van der Waals surface area contributed by atoms with Gasteiger partial charge in [-0.05, 0) is 36.6 Å². The minimum absolute atomic E-state index is 0.179. The molecular weight excluding hydrogens is 337 g/mol. The zero-order chi connectivity index (χ0) is 16.4. The fourth-order valence-corrected chi connectivity index (χ4v) is 2.81. The lowest BCUT2D eigenvalue weighted by Crippen LogP contribution is -1.99. The first-order valence-electron chi connectivity index (χ1n) is 6.71. The molecule has 0 atom stereocenters. The average Bonchev–Trinajstić information content (AvgIpc) is 2.96. The lowest BCUT2D eigenvalue weighted by Gasteiger charge is -2.10. The molecule has 0 saturated carbocycles. The second-order valence-corrected chi connectivity index (χ2v) is 5.90. The zero-order valence-electron chi connectivity index (χ0n) is 12.5. The van der Waals surface area contributed by atoms with Gasteiger partial charge in [0.25, 0.3) is 0 Å². The molecule has 0 aliphatic carbocycles. The molecule has 0 fully saturated rings. The van der Waals surface area contributed by atoms with Gasteiger partial charge in [0.2, 0.25) is 0 Å². The number of ether oxygens (including phenoxy) is 1. The average molecular weight is 350 g/mol. The van der Waals surface area contributed by atoms with Crippen LogP contribution in [0.2, 0.25) is 5.15 Å². The molecule has 3 aromatic rings. The van der Waals surface area contributed by atoms with E-state index < -0.39 is 5.82 Å². The van der Waals surface area contributed by atoms with Gasteiger partial charge in [0, 0.05) is 16.7 Å². The molecule has 0 aliphatic heterocycles. The number of aromatic nitrogens is 3. The van der Waals surface area contributed by atoms with Crippen LogP contribution in [-0.4, -0.2) is 27.9 Å². The largest absolute Gasteiger partial charge is 0.494 e. The lowest BCUT2D eigenvalue weighted by molar-refractivity contribution is 0.386. The molecule has 1 aromatic carbocycles. The van der Waals surface area contributed by atoms with Crippen LogP contribution in [0.5, 0.6) is 5.75 Å². The molecule has 7 heteroatoms.